The first-order valence-electron chi connectivity index (χ1n) is 27.4. The van der Waals surface area contributed by atoms with Crippen molar-refractivity contribution in [1.82, 2.24) is 9.13 Å². The third kappa shape index (κ3) is 6.79. The van der Waals surface area contributed by atoms with Crippen LogP contribution in [-0.2, 0) is 18.3 Å². The molecule has 1 unspecified atom stereocenters. The highest BCUT2D eigenvalue weighted by atomic mass is 15.1. The van der Waals surface area contributed by atoms with Crippen LogP contribution in [0.2, 0.25) is 0 Å². The van der Waals surface area contributed by atoms with Crippen LogP contribution in [0.15, 0.2) is 255 Å². The number of hydrogen-bond donors (Lipinski definition) is 0. The van der Waals surface area contributed by atoms with Gasteiger partial charge < -0.3 is 18.9 Å². The van der Waals surface area contributed by atoms with Crippen LogP contribution in [0.1, 0.15) is 51.6 Å². The highest BCUT2D eigenvalue weighted by Crippen LogP contribution is 2.64. The zero-order valence-electron chi connectivity index (χ0n) is 43.7. The first-order chi connectivity index (χ1) is 38.6. The van der Waals surface area contributed by atoms with Crippen LogP contribution in [0.3, 0.4) is 0 Å². The minimum atomic E-state index is -0.761. The highest BCUT2D eigenvalue weighted by Gasteiger charge is 2.53. The maximum Gasteiger partial charge on any atom is 0.0728 e. The maximum atomic E-state index is 4.46. The SMILES string of the molecule is C=Cc1c(/C=C\C)c2ccccc2n1-c1ccc2c(c1)C1(c3cc(N4C/C=C\C=C/Cc5ccccc54)ccc3-2)c2cc(N3C/C=C\C=C/Cc4ccccc43)ccc2-c2ccc(-n3c4ccccc4c4ccccc43)cc21. The summed E-state index contributed by atoms with van der Waals surface area (Å²) in [6, 6.07) is 73.7. The van der Waals surface area contributed by atoms with Gasteiger partial charge in [-0.1, -0.05) is 183 Å². The van der Waals surface area contributed by atoms with Gasteiger partial charge in [0.25, 0.3) is 0 Å². The molecule has 2 aliphatic carbocycles. The Bertz CT molecular complexity index is 4310. The largest absolute Gasteiger partial charge is 0.337 e. The van der Waals surface area contributed by atoms with E-state index < -0.39 is 5.41 Å². The molecule has 78 heavy (non-hydrogen) atoms. The molecule has 15 rings (SSSR count). The van der Waals surface area contributed by atoms with Gasteiger partial charge in [-0.25, -0.2) is 0 Å². The molecule has 4 heterocycles. The van der Waals surface area contributed by atoms with E-state index in [9.17, 15) is 0 Å². The van der Waals surface area contributed by atoms with Gasteiger partial charge >= 0.3 is 0 Å². The molecule has 2 aromatic heterocycles. The minimum Gasteiger partial charge on any atom is -0.337 e. The van der Waals surface area contributed by atoms with Crippen molar-refractivity contribution in [2.45, 2.75) is 25.2 Å². The van der Waals surface area contributed by atoms with Gasteiger partial charge in [-0.3, -0.25) is 0 Å². The average molecular weight is 1000 g/mol. The van der Waals surface area contributed by atoms with Crippen molar-refractivity contribution in [1.29, 1.82) is 0 Å². The van der Waals surface area contributed by atoms with Gasteiger partial charge in [0.15, 0.2) is 0 Å². The molecule has 4 aliphatic rings. The Morgan fingerprint density at radius 2 is 0.808 bits per heavy atom. The molecule has 11 aromatic rings. The van der Waals surface area contributed by atoms with E-state index >= 15 is 0 Å². The van der Waals surface area contributed by atoms with Crippen molar-refractivity contribution in [3.8, 4) is 33.6 Å². The molecule has 0 fully saturated rings. The van der Waals surface area contributed by atoms with Gasteiger partial charge in [0.05, 0.1) is 27.7 Å². The molecule has 0 amide bonds. The molecular formula is C74H56N4. The Kier molecular flexibility index (Phi) is 10.7. The molecular weight excluding hydrogens is 945 g/mol. The van der Waals surface area contributed by atoms with E-state index in [0.29, 0.717) is 0 Å². The van der Waals surface area contributed by atoms with Crippen LogP contribution < -0.4 is 9.80 Å². The Labute approximate surface area is 456 Å². The molecule has 0 bridgehead atoms. The number of rotatable bonds is 6. The van der Waals surface area contributed by atoms with Crippen LogP contribution in [0, 0.1) is 0 Å². The molecule has 0 radical (unpaired) electrons. The first-order valence-corrected chi connectivity index (χ1v) is 27.4. The fraction of sp³-hybridized carbons (Fsp3) is 0.0811. The third-order valence-corrected chi connectivity index (χ3v) is 17.0. The lowest BCUT2D eigenvalue weighted by Crippen LogP contribution is -2.28. The molecule has 372 valence electrons. The normalized spacial score (nSPS) is 17.8. The van der Waals surface area contributed by atoms with Crippen LogP contribution in [0.5, 0.6) is 0 Å². The van der Waals surface area contributed by atoms with Crippen molar-refractivity contribution < 1.29 is 0 Å². The predicted octanol–water partition coefficient (Wildman–Crippen LogP) is 18.4. The van der Waals surface area contributed by atoms with E-state index in [1.54, 1.807) is 0 Å². The standard InChI is InChI=1S/C74H56N4/c1-3-23-60-61-28-13-18-33-71(61)77(68(60)4-2)54-38-42-58-56-40-36-52(75-44-21-7-5-9-24-50-26-11-16-31-69(50)75)46-64(56)74(66(58)48-54)65-47-53(76-45-22-8-6-10-25-51-27-12-17-32-70(51)76)37-41-57(65)59-43-39-55(49-67(59)74)78-72-34-19-14-29-62(72)63-30-15-20-35-73(63)78/h3-23,26-43,46-49H,2,24-25,44-45H2,1H3/b9-5-,10-6-,21-7-,22-8-,23-3-. The summed E-state index contributed by atoms with van der Waals surface area (Å²) in [5.74, 6) is 0. The predicted molar refractivity (Wildman–Crippen MR) is 330 cm³/mol. The van der Waals surface area contributed by atoms with Crippen molar-refractivity contribution in [3.63, 3.8) is 0 Å². The molecule has 1 atom stereocenters. The molecule has 9 aromatic carbocycles. The zero-order valence-corrected chi connectivity index (χ0v) is 43.7. The monoisotopic (exact) mass is 1000 g/mol. The van der Waals surface area contributed by atoms with Gasteiger partial charge in [-0.05, 0) is 160 Å². The molecule has 0 N–H and O–H groups in total. The summed E-state index contributed by atoms with van der Waals surface area (Å²) in [5.41, 5.74) is 24.8. The number of benzene rings is 9. The fourth-order valence-corrected chi connectivity index (χ4v) is 13.7. The Morgan fingerprint density at radius 1 is 0.410 bits per heavy atom. The molecule has 4 heteroatoms. The fourth-order valence-electron chi connectivity index (χ4n) is 13.7. The van der Waals surface area contributed by atoms with Crippen LogP contribution in [0.4, 0.5) is 22.7 Å². The van der Waals surface area contributed by atoms with Crippen molar-refractivity contribution >= 4 is 67.6 Å². The molecule has 4 nitrogen and oxygen atoms in total. The number of fused-ring (bicyclic) bond motifs is 16. The Balaban J connectivity index is 1.06. The Hall–Kier alpha value is -9.64. The minimum absolute atomic E-state index is 0.732. The summed E-state index contributed by atoms with van der Waals surface area (Å²) >= 11 is 0. The lowest BCUT2D eigenvalue weighted by molar-refractivity contribution is 0.790. The third-order valence-electron chi connectivity index (χ3n) is 17.0. The smallest absolute Gasteiger partial charge is 0.0728 e. The van der Waals surface area contributed by atoms with Gasteiger partial charge in [0, 0.05) is 68.9 Å². The van der Waals surface area contributed by atoms with E-state index in [4.69, 9.17) is 0 Å². The van der Waals surface area contributed by atoms with Gasteiger partial charge in [-0.15, -0.1) is 0 Å². The van der Waals surface area contributed by atoms with E-state index in [2.05, 4.69) is 287 Å². The van der Waals surface area contributed by atoms with Crippen LogP contribution in [-0.4, -0.2) is 22.2 Å². The lowest BCUT2D eigenvalue weighted by Gasteiger charge is -2.34. The van der Waals surface area contributed by atoms with Gasteiger partial charge in [0.1, 0.15) is 0 Å². The van der Waals surface area contributed by atoms with E-state index in [-0.39, 0.29) is 0 Å². The summed E-state index contributed by atoms with van der Waals surface area (Å²) in [5, 5.41) is 3.70. The quantitative estimate of drug-likeness (QED) is 0.165. The number of aromatic nitrogens is 2. The van der Waals surface area contributed by atoms with Gasteiger partial charge in [0.2, 0.25) is 0 Å². The van der Waals surface area contributed by atoms with E-state index in [0.717, 1.165) is 59.9 Å². The van der Waals surface area contributed by atoms with Gasteiger partial charge in [-0.2, -0.15) is 0 Å². The number of para-hydroxylation sites is 5. The summed E-state index contributed by atoms with van der Waals surface area (Å²) in [7, 11) is 0. The second kappa shape index (κ2) is 18.3. The number of anilines is 4. The van der Waals surface area contributed by atoms with Crippen LogP contribution >= 0.6 is 0 Å². The molecule has 1 spiro atoms. The second-order valence-corrected chi connectivity index (χ2v) is 21.0. The maximum absolute atomic E-state index is 4.46. The van der Waals surface area contributed by atoms with E-state index in [1.165, 1.54) is 99.8 Å². The number of hydrogen-bond acceptors (Lipinski definition) is 2. The molecule has 0 saturated carbocycles. The molecule has 0 saturated heterocycles. The zero-order chi connectivity index (χ0) is 51.9. The number of allylic oxidation sites excluding steroid dienone is 7. The highest BCUT2D eigenvalue weighted by molar-refractivity contribution is 6.09. The summed E-state index contributed by atoms with van der Waals surface area (Å²) in [6.45, 7) is 8.02. The average Bonchev–Trinajstić information content (AvgIpc) is 4.30. The van der Waals surface area contributed by atoms with E-state index in [1.807, 2.05) is 6.08 Å². The van der Waals surface area contributed by atoms with Crippen molar-refractivity contribution in [2.75, 3.05) is 22.9 Å². The first kappa shape index (κ1) is 45.7. The van der Waals surface area contributed by atoms with Crippen LogP contribution in [0.25, 0.3) is 78.5 Å². The summed E-state index contributed by atoms with van der Waals surface area (Å²) in [4.78, 5) is 5.04. The summed E-state index contributed by atoms with van der Waals surface area (Å²) < 4.78 is 4.92. The second-order valence-electron chi connectivity index (χ2n) is 21.0. The summed E-state index contributed by atoms with van der Waals surface area (Å²) in [6.07, 6.45) is 26.0. The molecule has 2 aliphatic heterocycles. The lowest BCUT2D eigenvalue weighted by atomic mass is 9.70. The number of nitrogens with zero attached hydrogens (tertiary/aromatic N) is 4. The Morgan fingerprint density at radius 3 is 1.29 bits per heavy atom. The van der Waals surface area contributed by atoms with Crippen molar-refractivity contribution in [2.24, 2.45) is 0 Å². The van der Waals surface area contributed by atoms with Crippen molar-refractivity contribution in [3.05, 3.63) is 300 Å². The topological polar surface area (TPSA) is 16.3 Å².